The van der Waals surface area contributed by atoms with Gasteiger partial charge in [-0.3, -0.25) is 5.10 Å². The number of nitrogens with one attached hydrogen (secondary N) is 3. The molecule has 0 aliphatic heterocycles. The summed E-state index contributed by atoms with van der Waals surface area (Å²) in [5.74, 6) is 2.67. The summed E-state index contributed by atoms with van der Waals surface area (Å²) in [5.41, 5.74) is 11.7. The Hall–Kier alpha value is -4.13. The first-order valence-electron chi connectivity index (χ1n) is 10.8. The van der Waals surface area contributed by atoms with Crippen LogP contribution in [0.4, 0.5) is 17.6 Å². The van der Waals surface area contributed by atoms with E-state index in [1.807, 2.05) is 6.20 Å². The minimum Gasteiger partial charge on any atom is -0.368 e. The molecular formula is C25H23N7. The lowest BCUT2D eigenvalue weighted by molar-refractivity contribution is 0.933. The summed E-state index contributed by atoms with van der Waals surface area (Å²) >= 11 is 0. The van der Waals surface area contributed by atoms with Crippen molar-refractivity contribution in [2.24, 2.45) is 0 Å². The van der Waals surface area contributed by atoms with Crippen LogP contribution >= 0.6 is 0 Å². The molecule has 6 rings (SSSR count). The molecule has 7 nitrogen and oxygen atoms in total. The Bertz CT molecular complexity index is 1390. The van der Waals surface area contributed by atoms with Gasteiger partial charge in [-0.15, -0.1) is 0 Å². The number of hydrogen-bond donors (Lipinski definition) is 4. The third kappa shape index (κ3) is 3.47. The van der Waals surface area contributed by atoms with E-state index in [4.69, 9.17) is 5.73 Å². The molecule has 7 heteroatoms. The Kier molecular flexibility index (Phi) is 4.38. The minimum atomic E-state index is 0.234. The molecule has 1 aliphatic carbocycles. The number of nitrogen functional groups attached to an aromatic ring is 1. The van der Waals surface area contributed by atoms with Gasteiger partial charge < -0.3 is 16.0 Å². The quantitative estimate of drug-likeness (QED) is 0.313. The standard InChI is InChI=1S/C25H23N7/c26-25-28-14-17(11-16-7-4-8-21-18(16)9-10-27-21)24(30-25)29-23-13-22(31-32-23)20-12-19(20)15-5-2-1-3-6-15/h1-10,13-14,19-20,27H,11-12H2,(H4,26,28,29,30,31,32)/t19-,20+/m0/s1. The van der Waals surface area contributed by atoms with E-state index in [-0.39, 0.29) is 5.95 Å². The fourth-order valence-electron chi connectivity index (χ4n) is 4.49. The fourth-order valence-corrected chi connectivity index (χ4v) is 4.49. The van der Waals surface area contributed by atoms with E-state index < -0.39 is 0 Å². The maximum Gasteiger partial charge on any atom is 0.221 e. The van der Waals surface area contributed by atoms with Gasteiger partial charge in [0.05, 0.1) is 0 Å². The Morgan fingerprint density at radius 3 is 2.81 bits per heavy atom. The second-order valence-corrected chi connectivity index (χ2v) is 8.33. The van der Waals surface area contributed by atoms with Crippen molar-refractivity contribution in [2.45, 2.75) is 24.7 Å². The fraction of sp³-hybridized carbons (Fsp3) is 0.160. The van der Waals surface area contributed by atoms with Crippen molar-refractivity contribution < 1.29 is 0 Å². The molecule has 0 radical (unpaired) electrons. The van der Waals surface area contributed by atoms with Gasteiger partial charge in [-0.05, 0) is 35.6 Å². The van der Waals surface area contributed by atoms with Crippen LogP contribution < -0.4 is 11.1 Å². The summed E-state index contributed by atoms with van der Waals surface area (Å²) in [6.07, 6.45) is 5.57. The molecule has 0 saturated heterocycles. The zero-order chi connectivity index (χ0) is 21.5. The molecular weight excluding hydrogens is 398 g/mol. The van der Waals surface area contributed by atoms with Gasteiger partial charge in [-0.25, -0.2) is 4.98 Å². The lowest BCUT2D eigenvalue weighted by Crippen LogP contribution is -2.05. The number of anilines is 3. The summed E-state index contributed by atoms with van der Waals surface area (Å²) < 4.78 is 0. The Balaban J connectivity index is 1.24. The molecule has 0 unspecified atom stereocenters. The Morgan fingerprint density at radius 1 is 1.00 bits per heavy atom. The summed E-state index contributed by atoms with van der Waals surface area (Å²) in [4.78, 5) is 11.9. The predicted octanol–water partition coefficient (Wildman–Crippen LogP) is 4.87. The van der Waals surface area contributed by atoms with Crippen LogP contribution in [0, 0.1) is 0 Å². The van der Waals surface area contributed by atoms with Gasteiger partial charge in [-0.1, -0.05) is 42.5 Å². The van der Waals surface area contributed by atoms with Crippen LogP contribution in [0.2, 0.25) is 0 Å². The Morgan fingerprint density at radius 2 is 1.91 bits per heavy atom. The first-order valence-corrected chi connectivity index (χ1v) is 10.8. The molecule has 2 aromatic carbocycles. The molecule has 3 heterocycles. The number of nitrogens with zero attached hydrogens (tertiary/aromatic N) is 3. The molecule has 158 valence electrons. The number of hydrogen-bond acceptors (Lipinski definition) is 5. The van der Waals surface area contributed by atoms with Crippen molar-refractivity contribution >= 4 is 28.5 Å². The number of H-pyrrole nitrogens is 2. The van der Waals surface area contributed by atoms with Gasteiger partial charge in [0.1, 0.15) is 5.82 Å². The van der Waals surface area contributed by atoms with Gasteiger partial charge in [0, 0.05) is 53.0 Å². The van der Waals surface area contributed by atoms with Crippen LogP contribution in [0.1, 0.15) is 40.6 Å². The lowest BCUT2D eigenvalue weighted by Gasteiger charge is -2.10. The van der Waals surface area contributed by atoms with Crippen LogP contribution in [0.3, 0.4) is 0 Å². The number of aromatic amines is 2. The highest BCUT2D eigenvalue weighted by molar-refractivity contribution is 5.83. The molecule has 1 fully saturated rings. The summed E-state index contributed by atoms with van der Waals surface area (Å²) in [7, 11) is 0. The number of aromatic nitrogens is 5. The van der Waals surface area contributed by atoms with Gasteiger partial charge in [0.2, 0.25) is 5.95 Å². The second-order valence-electron chi connectivity index (χ2n) is 8.33. The van der Waals surface area contributed by atoms with Crippen LogP contribution in [0.5, 0.6) is 0 Å². The molecule has 5 N–H and O–H groups in total. The van der Waals surface area contributed by atoms with Gasteiger partial charge >= 0.3 is 0 Å². The van der Waals surface area contributed by atoms with Crippen LogP contribution in [0.15, 0.2) is 73.1 Å². The normalized spacial score (nSPS) is 17.5. The van der Waals surface area contributed by atoms with E-state index >= 15 is 0 Å². The van der Waals surface area contributed by atoms with Crippen molar-refractivity contribution in [3.63, 3.8) is 0 Å². The predicted molar refractivity (Wildman–Crippen MR) is 126 cm³/mol. The third-order valence-electron chi connectivity index (χ3n) is 6.21. The molecule has 0 spiro atoms. The molecule has 32 heavy (non-hydrogen) atoms. The van der Waals surface area contributed by atoms with E-state index in [0.717, 1.165) is 29.0 Å². The van der Waals surface area contributed by atoms with E-state index in [9.17, 15) is 0 Å². The zero-order valence-corrected chi connectivity index (χ0v) is 17.4. The number of nitrogens with two attached hydrogens (primary N) is 1. The SMILES string of the molecule is Nc1ncc(Cc2cccc3[nH]ccc23)c(Nc2cc([C@@H]3C[C@H]3c3ccccc3)[nH]n2)n1. The van der Waals surface area contributed by atoms with Crippen molar-refractivity contribution in [1.29, 1.82) is 0 Å². The van der Waals surface area contributed by atoms with Crippen LogP contribution in [-0.2, 0) is 6.42 Å². The zero-order valence-electron chi connectivity index (χ0n) is 17.4. The first-order chi connectivity index (χ1) is 15.7. The van der Waals surface area contributed by atoms with Gasteiger partial charge in [0.15, 0.2) is 5.82 Å². The summed E-state index contributed by atoms with van der Waals surface area (Å²) in [6, 6.07) is 21.1. The summed E-state index contributed by atoms with van der Waals surface area (Å²) in [5, 5.41) is 12.2. The highest BCUT2D eigenvalue weighted by Crippen LogP contribution is 2.54. The average Bonchev–Trinajstić information content (AvgIpc) is 3.22. The molecule has 5 aromatic rings. The van der Waals surface area contributed by atoms with Crippen molar-refractivity contribution in [3.8, 4) is 0 Å². The van der Waals surface area contributed by atoms with Gasteiger partial charge in [-0.2, -0.15) is 10.1 Å². The van der Waals surface area contributed by atoms with Gasteiger partial charge in [0.25, 0.3) is 0 Å². The maximum absolute atomic E-state index is 5.90. The van der Waals surface area contributed by atoms with E-state index in [1.165, 1.54) is 16.5 Å². The molecule has 1 aliphatic rings. The molecule has 2 atom stereocenters. The number of rotatable bonds is 6. The average molecular weight is 422 g/mol. The first kappa shape index (κ1) is 18.6. The number of benzene rings is 2. The lowest BCUT2D eigenvalue weighted by atomic mass is 10.0. The highest BCUT2D eigenvalue weighted by atomic mass is 15.2. The Labute approximate surface area is 185 Å². The highest BCUT2D eigenvalue weighted by Gasteiger charge is 2.40. The monoisotopic (exact) mass is 421 g/mol. The maximum atomic E-state index is 5.90. The molecule has 0 amide bonds. The summed E-state index contributed by atoms with van der Waals surface area (Å²) in [6.45, 7) is 0. The largest absolute Gasteiger partial charge is 0.368 e. The minimum absolute atomic E-state index is 0.234. The topological polar surface area (TPSA) is 108 Å². The van der Waals surface area contributed by atoms with Crippen LogP contribution in [-0.4, -0.2) is 25.1 Å². The third-order valence-corrected chi connectivity index (χ3v) is 6.21. The van der Waals surface area contributed by atoms with Crippen molar-refractivity contribution in [1.82, 2.24) is 25.1 Å². The van der Waals surface area contributed by atoms with E-state index in [1.54, 1.807) is 6.20 Å². The van der Waals surface area contributed by atoms with E-state index in [0.29, 0.717) is 24.1 Å². The van der Waals surface area contributed by atoms with Crippen molar-refractivity contribution in [2.75, 3.05) is 11.1 Å². The second kappa shape index (κ2) is 7.53. The number of fused-ring (bicyclic) bond motifs is 1. The molecule has 1 saturated carbocycles. The van der Waals surface area contributed by atoms with Crippen molar-refractivity contribution in [3.05, 3.63) is 95.4 Å². The smallest absolute Gasteiger partial charge is 0.221 e. The molecule has 0 bridgehead atoms. The van der Waals surface area contributed by atoms with E-state index in [2.05, 4.69) is 91.1 Å². The van der Waals surface area contributed by atoms with Crippen LogP contribution in [0.25, 0.3) is 10.9 Å². The molecule has 3 aromatic heterocycles.